The molecule has 3 nitrogen and oxygen atoms in total. The zero-order chi connectivity index (χ0) is 5.91. The summed E-state index contributed by atoms with van der Waals surface area (Å²) in [5, 5.41) is 0.981. The molecular weight excluding hydrogens is 155 g/mol. The number of rotatable bonds is 2. The lowest BCUT2D eigenvalue weighted by Gasteiger charge is -1.81. The molecule has 0 aliphatic carbocycles. The van der Waals surface area contributed by atoms with E-state index in [1.54, 1.807) is 0 Å². The first-order valence-electron chi connectivity index (χ1n) is 1.24. The van der Waals surface area contributed by atoms with Gasteiger partial charge in [0.1, 0.15) is 0 Å². The lowest BCUT2D eigenvalue weighted by molar-refractivity contribution is 0.502. The molecule has 0 aromatic rings. The normalized spacial score (nSPS) is 12.7. The average molecular weight is 158 g/mol. The second kappa shape index (κ2) is 2.67. The van der Waals surface area contributed by atoms with Gasteiger partial charge in [0.15, 0.2) is 0 Å². The molecule has 0 rings (SSSR count). The van der Waals surface area contributed by atoms with Gasteiger partial charge in [-0.1, -0.05) is 12.2 Å². The Hall–Kier alpha value is 0.430. The highest BCUT2D eigenvalue weighted by Gasteiger charge is 1.96. The van der Waals surface area contributed by atoms with Gasteiger partial charge in [-0.05, 0) is 0 Å². The summed E-state index contributed by atoms with van der Waals surface area (Å²) in [5.74, 6) is 0. The second-order valence-corrected chi connectivity index (χ2v) is 5.09. The van der Waals surface area contributed by atoms with Gasteiger partial charge in [0.25, 0.3) is 9.74 Å². The number of hydrogen-bond donors (Lipinski definition) is 1. The maximum Gasteiger partial charge on any atom is 0.282 e. The van der Waals surface area contributed by atoms with E-state index in [0.29, 0.717) is 0 Å². The summed E-state index contributed by atoms with van der Waals surface area (Å²) < 4.78 is 27.3. The molecule has 0 amide bonds. The topological polar surface area (TPSA) is 54.4 Å². The Bertz CT molecular complexity index is 146. The van der Waals surface area contributed by atoms with Crippen LogP contribution >= 0.6 is 20.0 Å². The molecule has 0 fully saturated rings. The van der Waals surface area contributed by atoms with E-state index in [9.17, 15) is 8.42 Å². The predicted molar refractivity (Wildman–Crippen MR) is 33.5 cm³/mol. The highest BCUT2D eigenvalue weighted by Crippen LogP contribution is 2.12. The van der Waals surface area contributed by atoms with E-state index in [0.717, 1.165) is 5.11 Å². The summed E-state index contributed by atoms with van der Waals surface area (Å²) in [4.78, 5) is 0. The summed E-state index contributed by atoms with van der Waals surface area (Å²) in [5.41, 5.74) is 0. The molecule has 0 aromatic heterocycles. The molecule has 0 spiro atoms. The molecule has 0 saturated heterocycles. The van der Waals surface area contributed by atoms with Crippen LogP contribution in [0.4, 0.5) is 0 Å². The van der Waals surface area contributed by atoms with Crippen molar-refractivity contribution in [2.45, 2.75) is 0 Å². The molecule has 0 radical (unpaired) electrons. The molecule has 7 heavy (non-hydrogen) atoms. The first kappa shape index (κ1) is 7.43. The van der Waals surface area contributed by atoms with Crippen molar-refractivity contribution in [3.05, 3.63) is 0 Å². The zero-order valence-electron chi connectivity index (χ0n) is 3.16. The molecule has 1 N–H and O–H groups in total. The highest BCUT2D eigenvalue weighted by molar-refractivity contribution is 8.46. The van der Waals surface area contributed by atoms with E-state index in [-0.39, 0.29) is 0 Å². The van der Waals surface area contributed by atoms with E-state index in [4.69, 9.17) is 4.55 Å². The van der Waals surface area contributed by atoms with Gasteiger partial charge in [0, 0.05) is 5.11 Å². The van der Waals surface area contributed by atoms with Crippen molar-refractivity contribution in [3.8, 4) is 0 Å². The average Bonchev–Trinajstić information content (AvgIpc) is 1.30. The Labute approximate surface area is 48.4 Å². The quantitative estimate of drug-likeness (QED) is 0.359. The Morgan fingerprint density at radius 2 is 2.14 bits per heavy atom. The maximum atomic E-state index is 9.70. The van der Waals surface area contributed by atoms with E-state index < -0.39 is 17.5 Å². The summed E-state index contributed by atoms with van der Waals surface area (Å²) in [6.07, 6.45) is 0. The third-order valence-corrected chi connectivity index (χ3v) is 2.64. The fraction of sp³-hybridized carbons (Fsp3) is 0. The van der Waals surface area contributed by atoms with Gasteiger partial charge in [0.2, 0.25) is 0 Å². The summed E-state index contributed by atoms with van der Waals surface area (Å²) in [7, 11) is -4.46. The molecule has 0 heterocycles. The zero-order valence-corrected chi connectivity index (χ0v) is 5.79. The lowest BCUT2D eigenvalue weighted by Crippen LogP contribution is -1.83. The van der Waals surface area contributed by atoms with Gasteiger partial charge < -0.3 is 0 Å². The molecule has 0 aliphatic rings. The fourth-order valence-corrected chi connectivity index (χ4v) is 1.64. The van der Waals surface area contributed by atoms with Crippen molar-refractivity contribution in [2.24, 2.45) is 0 Å². The number of hydrogen-bond acceptors (Lipinski definition) is 3. The van der Waals surface area contributed by atoms with Crippen LogP contribution in [-0.4, -0.2) is 18.1 Å². The largest absolute Gasteiger partial charge is 0.283 e. The maximum absolute atomic E-state index is 9.70. The van der Waals surface area contributed by atoms with E-state index >= 15 is 0 Å². The molecule has 0 aromatic carbocycles. The predicted octanol–water partition coefficient (Wildman–Crippen LogP) is 0.425. The van der Waals surface area contributed by atoms with Crippen LogP contribution in [-0.2, 0) is 9.74 Å². The monoisotopic (exact) mass is 158 g/mol. The minimum atomic E-state index is -3.81. The molecule has 0 aliphatic heterocycles. The number of thiocarbonyl (C=S) groups is 1. The molecule has 42 valence electrons. The molecule has 1 atom stereocenters. The van der Waals surface area contributed by atoms with Gasteiger partial charge >= 0.3 is 0 Å². The fourth-order valence-electron chi connectivity index (χ4n) is 0.0608. The van der Waals surface area contributed by atoms with Crippen molar-refractivity contribution in [3.63, 3.8) is 0 Å². The van der Waals surface area contributed by atoms with Crippen molar-refractivity contribution in [2.75, 3.05) is 0 Å². The van der Waals surface area contributed by atoms with Crippen molar-refractivity contribution >= 4 is 34.8 Å². The van der Waals surface area contributed by atoms with Crippen molar-refractivity contribution in [1.29, 1.82) is 0 Å². The van der Waals surface area contributed by atoms with E-state index in [1.165, 1.54) is 0 Å². The Balaban J connectivity index is 3.84. The first-order chi connectivity index (χ1) is 3.06. The van der Waals surface area contributed by atoms with Gasteiger partial charge in [0.05, 0.1) is 7.78 Å². The SMILES string of the molecule is O=S(=O)(O)PC=S. The van der Waals surface area contributed by atoms with Crippen LogP contribution in [0.3, 0.4) is 0 Å². The minimum absolute atomic E-state index is 0.658. The highest BCUT2D eigenvalue weighted by atomic mass is 32.8. The van der Waals surface area contributed by atoms with Crippen LogP contribution < -0.4 is 0 Å². The Morgan fingerprint density at radius 3 is 2.14 bits per heavy atom. The third kappa shape index (κ3) is 6.43. The van der Waals surface area contributed by atoms with Crippen LogP contribution in [0.5, 0.6) is 0 Å². The van der Waals surface area contributed by atoms with Crippen LogP contribution in [0.25, 0.3) is 0 Å². The second-order valence-electron chi connectivity index (χ2n) is 0.711. The third-order valence-electron chi connectivity index (χ3n) is 0.197. The molecule has 1 unspecified atom stereocenters. The van der Waals surface area contributed by atoms with Gasteiger partial charge in [-0.3, -0.25) is 4.55 Å². The smallest absolute Gasteiger partial charge is 0.282 e. The van der Waals surface area contributed by atoms with Crippen LogP contribution in [0.1, 0.15) is 0 Å². The molecular formula is CH3O3PS2. The Kier molecular flexibility index (Phi) is 2.83. The van der Waals surface area contributed by atoms with Crippen molar-refractivity contribution in [1.82, 2.24) is 0 Å². The molecule has 6 heteroatoms. The van der Waals surface area contributed by atoms with Gasteiger partial charge in [-0.15, -0.1) is 0 Å². The standard InChI is InChI=1S/CH3O3PS2/c2-7(3,4)5-1-6/h1,5H,(H,2,3,4). The first-order valence-corrected chi connectivity index (χ1v) is 4.96. The van der Waals surface area contributed by atoms with Crippen LogP contribution in [0.2, 0.25) is 0 Å². The van der Waals surface area contributed by atoms with E-state index in [2.05, 4.69) is 12.2 Å². The minimum Gasteiger partial charge on any atom is -0.283 e. The van der Waals surface area contributed by atoms with Crippen LogP contribution in [0, 0.1) is 0 Å². The molecule has 0 saturated carbocycles. The lowest BCUT2D eigenvalue weighted by atomic mass is 11.9. The summed E-state index contributed by atoms with van der Waals surface area (Å²) in [6, 6.07) is 0. The summed E-state index contributed by atoms with van der Waals surface area (Å²) in [6.45, 7) is 0. The summed E-state index contributed by atoms with van der Waals surface area (Å²) >= 11 is 4.15. The molecule has 0 bridgehead atoms. The van der Waals surface area contributed by atoms with Gasteiger partial charge in [-0.25, -0.2) is 0 Å². The van der Waals surface area contributed by atoms with Crippen LogP contribution in [0.15, 0.2) is 0 Å². The Morgan fingerprint density at radius 1 is 1.71 bits per heavy atom. The van der Waals surface area contributed by atoms with Gasteiger partial charge in [-0.2, -0.15) is 8.42 Å². The van der Waals surface area contributed by atoms with E-state index in [1.807, 2.05) is 0 Å². The van der Waals surface area contributed by atoms with Crippen molar-refractivity contribution < 1.29 is 13.0 Å².